The number of aliphatic hydroxyl groups excluding tert-OH is 1. The lowest BCUT2D eigenvalue weighted by atomic mass is 9.97. The van der Waals surface area contributed by atoms with Crippen LogP contribution in [0.1, 0.15) is 17.5 Å². The molecule has 1 heterocycles. The van der Waals surface area contributed by atoms with E-state index in [1.54, 1.807) is 12.1 Å². The van der Waals surface area contributed by atoms with Gasteiger partial charge in [0.2, 0.25) is 5.91 Å². The molecular weight excluding hydrogens is 504 g/mol. The Balaban J connectivity index is 1.68. The van der Waals surface area contributed by atoms with Crippen LogP contribution in [-0.4, -0.2) is 66.2 Å². The average Bonchev–Trinajstić information content (AvgIpc) is 2.86. The van der Waals surface area contributed by atoms with Crippen molar-refractivity contribution in [2.45, 2.75) is 49.4 Å². The van der Waals surface area contributed by atoms with E-state index in [0.29, 0.717) is 11.6 Å². The Morgan fingerprint density at radius 2 is 1.83 bits per heavy atom. The number of nitrogens with one attached hydrogen (secondary N) is 1. The summed E-state index contributed by atoms with van der Waals surface area (Å²) in [6.45, 7) is 0.915. The van der Waals surface area contributed by atoms with Gasteiger partial charge in [0.25, 0.3) is 0 Å². The number of ether oxygens (including phenoxy) is 3. The number of nitrogens with two attached hydrogens (primary N) is 2. The van der Waals surface area contributed by atoms with E-state index < -0.39 is 29.8 Å². The summed E-state index contributed by atoms with van der Waals surface area (Å²) in [4.78, 5) is 16.5. The highest BCUT2D eigenvalue weighted by Crippen LogP contribution is 2.30. The van der Waals surface area contributed by atoms with Crippen LogP contribution >= 0.6 is 23.4 Å². The number of carbonyl (C=O) groups is 1. The molecule has 2 aromatic carbocycles. The Morgan fingerprint density at radius 3 is 2.50 bits per heavy atom. The van der Waals surface area contributed by atoms with Crippen molar-refractivity contribution in [1.29, 1.82) is 0 Å². The molecule has 0 spiro atoms. The van der Waals surface area contributed by atoms with Crippen LogP contribution in [0.25, 0.3) is 0 Å². The van der Waals surface area contributed by atoms with Gasteiger partial charge in [-0.1, -0.05) is 54.1 Å². The molecule has 1 aliphatic rings. The number of thioether (sulfide) groups is 1. The van der Waals surface area contributed by atoms with Gasteiger partial charge in [-0.25, -0.2) is 0 Å². The first-order valence-electron chi connectivity index (χ1n) is 11.6. The van der Waals surface area contributed by atoms with Crippen molar-refractivity contribution in [3.05, 3.63) is 70.7 Å². The van der Waals surface area contributed by atoms with Crippen LogP contribution in [0, 0.1) is 0 Å². The minimum Gasteiger partial charge on any atom is -0.388 e. The number of hydrogen-bond acceptors (Lipinski definition) is 7. The lowest BCUT2D eigenvalue weighted by Gasteiger charge is -2.44. The zero-order chi connectivity index (χ0) is 25.9. The lowest BCUT2D eigenvalue weighted by Crippen LogP contribution is -2.64. The fourth-order valence-electron chi connectivity index (χ4n) is 3.79. The topological polar surface area (TPSA) is 141 Å². The zero-order valence-corrected chi connectivity index (χ0v) is 21.7. The van der Waals surface area contributed by atoms with E-state index in [4.69, 9.17) is 37.3 Å². The maximum absolute atomic E-state index is 12.6. The van der Waals surface area contributed by atoms with Crippen LogP contribution in [0.4, 0.5) is 0 Å². The van der Waals surface area contributed by atoms with Crippen LogP contribution in [0.3, 0.4) is 0 Å². The van der Waals surface area contributed by atoms with Gasteiger partial charge in [0.15, 0.2) is 5.96 Å². The van der Waals surface area contributed by atoms with Crippen molar-refractivity contribution in [2.75, 3.05) is 19.4 Å². The number of carbonyl (C=O) groups excluding carboxylic acids is 1. The lowest BCUT2D eigenvalue weighted by molar-refractivity contribution is -0.196. The molecule has 0 bridgehead atoms. The molecule has 1 amide bonds. The minimum absolute atomic E-state index is 0.0771. The van der Waals surface area contributed by atoms with Gasteiger partial charge in [-0.3, -0.25) is 9.79 Å². The number of aliphatic imine (C=N–C) groups is 1. The van der Waals surface area contributed by atoms with Gasteiger partial charge in [0, 0.05) is 11.4 Å². The monoisotopic (exact) mass is 536 g/mol. The maximum Gasteiger partial charge on any atom is 0.222 e. The molecule has 0 saturated carbocycles. The highest BCUT2D eigenvalue weighted by Gasteiger charge is 2.46. The Morgan fingerprint density at radius 1 is 1.14 bits per heavy atom. The second-order valence-electron chi connectivity index (χ2n) is 8.32. The second kappa shape index (κ2) is 14.4. The number of halogens is 1. The van der Waals surface area contributed by atoms with Crippen molar-refractivity contribution < 1.29 is 24.1 Å². The SMILES string of the molecule is CSC1O[C@H](COCc2ccc(Cl)cc2)[C@@H](O)[C@H](OCc2ccccc2)[C@H]1NC(=O)CCN=C(N)N. The van der Waals surface area contributed by atoms with Crippen molar-refractivity contribution in [3.63, 3.8) is 0 Å². The van der Waals surface area contributed by atoms with Crippen molar-refractivity contribution in [1.82, 2.24) is 5.32 Å². The first-order chi connectivity index (χ1) is 17.4. The number of guanidine groups is 1. The summed E-state index contributed by atoms with van der Waals surface area (Å²) in [5.41, 5.74) is 12.1. The van der Waals surface area contributed by atoms with Crippen LogP contribution < -0.4 is 16.8 Å². The Labute approximate surface area is 220 Å². The van der Waals surface area contributed by atoms with E-state index in [-0.39, 0.29) is 38.0 Å². The second-order valence-corrected chi connectivity index (χ2v) is 9.69. The normalized spacial score (nSPS) is 23.7. The molecule has 0 aromatic heterocycles. The summed E-state index contributed by atoms with van der Waals surface area (Å²) >= 11 is 7.36. The zero-order valence-electron chi connectivity index (χ0n) is 20.1. The molecule has 0 aliphatic carbocycles. The molecule has 5 atom stereocenters. The van der Waals surface area contributed by atoms with E-state index in [1.807, 2.05) is 48.7 Å². The van der Waals surface area contributed by atoms with E-state index in [1.165, 1.54) is 11.8 Å². The number of rotatable bonds is 12. The molecule has 36 heavy (non-hydrogen) atoms. The van der Waals surface area contributed by atoms with Crippen molar-refractivity contribution in [3.8, 4) is 0 Å². The molecule has 6 N–H and O–H groups in total. The van der Waals surface area contributed by atoms with Gasteiger partial charge >= 0.3 is 0 Å². The summed E-state index contributed by atoms with van der Waals surface area (Å²) in [5.74, 6) is -0.350. The number of aliphatic hydroxyl groups is 1. The molecule has 196 valence electrons. The van der Waals surface area contributed by atoms with Gasteiger partial charge < -0.3 is 36.1 Å². The quantitative estimate of drug-likeness (QED) is 0.238. The standard InChI is InChI=1S/C25H33ClN4O5S/c1-36-24-21(30-20(31)11-12-29-25(27)28)23(34-14-16-5-3-2-4-6-16)22(32)19(35-24)15-33-13-17-7-9-18(26)10-8-17/h2-10,19,21-24,32H,11-15H2,1H3,(H,30,31)(H4,27,28,29)/t19-,21-,22-,23-,24?/m1/s1. The highest BCUT2D eigenvalue weighted by atomic mass is 35.5. The molecule has 2 aromatic rings. The largest absolute Gasteiger partial charge is 0.388 e. The summed E-state index contributed by atoms with van der Waals surface area (Å²) < 4.78 is 18.2. The van der Waals surface area contributed by atoms with Gasteiger partial charge in [0.05, 0.1) is 32.4 Å². The first kappa shape index (κ1) is 28.2. The first-order valence-corrected chi connectivity index (χ1v) is 13.2. The Kier molecular flexibility index (Phi) is 11.3. The number of benzene rings is 2. The average molecular weight is 537 g/mol. The van der Waals surface area contributed by atoms with Gasteiger partial charge in [0.1, 0.15) is 23.7 Å². The number of amides is 1. The Hall–Kier alpha value is -2.34. The summed E-state index contributed by atoms with van der Waals surface area (Å²) in [7, 11) is 0. The third kappa shape index (κ3) is 8.65. The summed E-state index contributed by atoms with van der Waals surface area (Å²) in [6.07, 6.45) is -0.450. The molecule has 0 radical (unpaired) electrons. The molecular formula is C25H33ClN4O5S. The molecule has 1 saturated heterocycles. The van der Waals surface area contributed by atoms with E-state index in [9.17, 15) is 9.90 Å². The van der Waals surface area contributed by atoms with E-state index in [2.05, 4.69) is 10.3 Å². The fraction of sp³-hybridized carbons (Fsp3) is 0.440. The summed E-state index contributed by atoms with van der Waals surface area (Å²) in [5, 5.41) is 14.8. The van der Waals surface area contributed by atoms with Crippen LogP contribution in [0.15, 0.2) is 59.6 Å². The molecule has 9 nitrogen and oxygen atoms in total. The highest BCUT2D eigenvalue weighted by molar-refractivity contribution is 7.99. The number of hydrogen-bond donors (Lipinski definition) is 4. The molecule has 11 heteroatoms. The molecule has 3 rings (SSSR count). The smallest absolute Gasteiger partial charge is 0.222 e. The van der Waals surface area contributed by atoms with Crippen LogP contribution in [0.2, 0.25) is 5.02 Å². The van der Waals surface area contributed by atoms with Gasteiger partial charge in [-0.05, 0) is 29.5 Å². The van der Waals surface area contributed by atoms with Crippen molar-refractivity contribution >= 4 is 35.2 Å². The molecule has 1 aliphatic heterocycles. The predicted molar refractivity (Wildman–Crippen MR) is 142 cm³/mol. The summed E-state index contributed by atoms with van der Waals surface area (Å²) in [6, 6.07) is 16.4. The minimum atomic E-state index is -1.04. The van der Waals surface area contributed by atoms with Gasteiger partial charge in [-0.2, -0.15) is 0 Å². The third-order valence-corrected chi connectivity index (χ3v) is 6.74. The van der Waals surface area contributed by atoms with E-state index >= 15 is 0 Å². The third-order valence-electron chi connectivity index (χ3n) is 5.62. The predicted octanol–water partition coefficient (Wildman–Crippen LogP) is 2.04. The fourth-order valence-corrected chi connectivity index (χ4v) is 4.69. The van der Waals surface area contributed by atoms with Crippen molar-refractivity contribution in [2.24, 2.45) is 16.5 Å². The number of nitrogens with zero attached hydrogens (tertiary/aromatic N) is 1. The Bertz CT molecular complexity index is 978. The van der Waals surface area contributed by atoms with Gasteiger partial charge in [-0.15, -0.1) is 11.8 Å². The van der Waals surface area contributed by atoms with E-state index in [0.717, 1.165) is 11.1 Å². The molecule has 1 unspecified atom stereocenters. The van der Waals surface area contributed by atoms with Crippen LogP contribution in [-0.2, 0) is 32.2 Å². The van der Waals surface area contributed by atoms with Crippen LogP contribution in [0.5, 0.6) is 0 Å². The molecule has 1 fully saturated rings. The maximum atomic E-state index is 12.6.